The molecule has 3 atom stereocenters. The van der Waals surface area contributed by atoms with Crippen LogP contribution in [0.5, 0.6) is 0 Å². The Kier molecular flexibility index (Phi) is 4.70. The minimum absolute atomic E-state index is 0.250. The zero-order valence-corrected chi connectivity index (χ0v) is 8.50. The predicted molar refractivity (Wildman–Crippen MR) is 54.5 cm³/mol. The minimum Gasteiger partial charge on any atom is -0.392 e. The summed E-state index contributed by atoms with van der Waals surface area (Å²) in [4.78, 5) is 0. The molecule has 0 amide bonds. The van der Waals surface area contributed by atoms with Gasteiger partial charge in [-0.3, -0.25) is 0 Å². The number of aliphatic hydroxyl groups is 1. The summed E-state index contributed by atoms with van der Waals surface area (Å²) < 4.78 is 0. The molecule has 13 heavy (non-hydrogen) atoms. The molecular formula is C10H22N2O. The molecule has 78 valence electrons. The molecule has 0 aliphatic heterocycles. The zero-order chi connectivity index (χ0) is 9.68. The highest BCUT2D eigenvalue weighted by molar-refractivity contribution is 4.81. The first-order valence-electron chi connectivity index (χ1n) is 5.35. The van der Waals surface area contributed by atoms with E-state index >= 15 is 0 Å². The molecule has 1 aliphatic rings. The van der Waals surface area contributed by atoms with Crippen molar-refractivity contribution in [1.29, 1.82) is 0 Å². The van der Waals surface area contributed by atoms with Crippen molar-refractivity contribution in [3.63, 3.8) is 0 Å². The fourth-order valence-electron chi connectivity index (χ4n) is 2.08. The summed E-state index contributed by atoms with van der Waals surface area (Å²) in [6, 6.07) is 0.536. The number of hydrogen-bond acceptors (Lipinski definition) is 3. The van der Waals surface area contributed by atoms with Crippen molar-refractivity contribution in [2.75, 3.05) is 13.1 Å². The summed E-state index contributed by atoms with van der Waals surface area (Å²) in [7, 11) is 0. The second kappa shape index (κ2) is 5.58. The standard InChI is InChI=1S/C10H22N2O/c1-8(13)7-12-10-5-3-2-4-9(10)6-11/h8-10,12-13H,2-7,11H2,1H3. The van der Waals surface area contributed by atoms with Gasteiger partial charge in [0.1, 0.15) is 0 Å². The van der Waals surface area contributed by atoms with Gasteiger partial charge in [-0.15, -0.1) is 0 Å². The molecule has 0 aromatic rings. The molecule has 0 heterocycles. The maximum Gasteiger partial charge on any atom is 0.0636 e. The van der Waals surface area contributed by atoms with E-state index in [0.29, 0.717) is 18.5 Å². The molecule has 1 saturated carbocycles. The highest BCUT2D eigenvalue weighted by Gasteiger charge is 2.23. The molecule has 3 nitrogen and oxygen atoms in total. The van der Waals surface area contributed by atoms with Crippen LogP contribution in [0.2, 0.25) is 0 Å². The molecule has 1 rings (SSSR count). The molecule has 3 unspecified atom stereocenters. The lowest BCUT2D eigenvalue weighted by atomic mass is 9.84. The van der Waals surface area contributed by atoms with E-state index in [9.17, 15) is 0 Å². The molecule has 0 spiro atoms. The molecule has 0 radical (unpaired) electrons. The Morgan fingerprint density at radius 1 is 1.46 bits per heavy atom. The van der Waals surface area contributed by atoms with Gasteiger partial charge in [-0.2, -0.15) is 0 Å². The van der Waals surface area contributed by atoms with Gasteiger partial charge < -0.3 is 16.2 Å². The van der Waals surface area contributed by atoms with Gasteiger partial charge in [0.25, 0.3) is 0 Å². The molecule has 4 N–H and O–H groups in total. The van der Waals surface area contributed by atoms with Crippen molar-refractivity contribution < 1.29 is 5.11 Å². The number of nitrogens with one attached hydrogen (secondary N) is 1. The molecule has 0 aromatic carbocycles. The van der Waals surface area contributed by atoms with E-state index in [2.05, 4.69) is 5.32 Å². The van der Waals surface area contributed by atoms with E-state index in [1.165, 1.54) is 25.7 Å². The largest absolute Gasteiger partial charge is 0.392 e. The minimum atomic E-state index is -0.250. The van der Waals surface area contributed by atoms with Crippen LogP contribution in [0, 0.1) is 5.92 Å². The molecule has 0 saturated heterocycles. The van der Waals surface area contributed by atoms with Crippen LogP contribution in [0.3, 0.4) is 0 Å². The Labute approximate surface area is 80.7 Å². The number of nitrogens with two attached hydrogens (primary N) is 1. The van der Waals surface area contributed by atoms with E-state index in [-0.39, 0.29) is 6.10 Å². The predicted octanol–water partition coefficient (Wildman–Crippen LogP) is 0.474. The summed E-state index contributed by atoms with van der Waals surface area (Å²) in [5, 5.41) is 12.5. The van der Waals surface area contributed by atoms with E-state index < -0.39 is 0 Å². The van der Waals surface area contributed by atoms with E-state index in [4.69, 9.17) is 10.8 Å². The van der Waals surface area contributed by atoms with Crippen molar-refractivity contribution in [1.82, 2.24) is 5.32 Å². The van der Waals surface area contributed by atoms with Crippen molar-refractivity contribution in [3.05, 3.63) is 0 Å². The van der Waals surface area contributed by atoms with Crippen LogP contribution >= 0.6 is 0 Å². The second-order valence-corrected chi connectivity index (χ2v) is 4.14. The lowest BCUT2D eigenvalue weighted by Crippen LogP contribution is -2.44. The van der Waals surface area contributed by atoms with Crippen LogP contribution in [0.25, 0.3) is 0 Å². The third-order valence-electron chi connectivity index (χ3n) is 2.89. The van der Waals surface area contributed by atoms with Crippen LogP contribution in [0.15, 0.2) is 0 Å². The van der Waals surface area contributed by atoms with Gasteiger partial charge in [-0.1, -0.05) is 12.8 Å². The van der Waals surface area contributed by atoms with Gasteiger partial charge in [0, 0.05) is 12.6 Å². The summed E-state index contributed by atoms with van der Waals surface area (Å²) in [6.07, 6.45) is 4.82. The van der Waals surface area contributed by atoms with E-state index in [1.807, 2.05) is 6.92 Å². The van der Waals surface area contributed by atoms with Gasteiger partial charge in [-0.05, 0) is 32.2 Å². The van der Waals surface area contributed by atoms with Gasteiger partial charge in [0.15, 0.2) is 0 Å². The van der Waals surface area contributed by atoms with Crippen LogP contribution in [-0.4, -0.2) is 30.3 Å². The van der Waals surface area contributed by atoms with Gasteiger partial charge in [0.05, 0.1) is 6.10 Å². The Balaban J connectivity index is 2.27. The number of hydrogen-bond donors (Lipinski definition) is 3. The van der Waals surface area contributed by atoms with Crippen molar-refractivity contribution in [3.8, 4) is 0 Å². The SMILES string of the molecule is CC(O)CNC1CCCCC1CN. The van der Waals surface area contributed by atoms with Gasteiger partial charge in [0.2, 0.25) is 0 Å². The molecule has 1 aliphatic carbocycles. The van der Waals surface area contributed by atoms with Gasteiger partial charge >= 0.3 is 0 Å². The number of aliphatic hydroxyl groups excluding tert-OH is 1. The topological polar surface area (TPSA) is 58.3 Å². The fraction of sp³-hybridized carbons (Fsp3) is 1.00. The molecule has 0 aromatic heterocycles. The Hall–Kier alpha value is -0.120. The molecular weight excluding hydrogens is 164 g/mol. The third-order valence-corrected chi connectivity index (χ3v) is 2.89. The monoisotopic (exact) mass is 186 g/mol. The van der Waals surface area contributed by atoms with Gasteiger partial charge in [-0.25, -0.2) is 0 Å². The zero-order valence-electron chi connectivity index (χ0n) is 8.50. The maximum atomic E-state index is 9.15. The average Bonchev–Trinajstić information content (AvgIpc) is 2.15. The molecule has 0 bridgehead atoms. The first-order valence-corrected chi connectivity index (χ1v) is 5.35. The molecule has 1 fully saturated rings. The molecule has 3 heteroatoms. The first kappa shape index (κ1) is 11.0. The summed E-state index contributed by atoms with van der Waals surface area (Å²) in [6.45, 7) is 3.28. The van der Waals surface area contributed by atoms with Crippen LogP contribution in [0.1, 0.15) is 32.6 Å². The Morgan fingerprint density at radius 3 is 2.77 bits per heavy atom. The lowest BCUT2D eigenvalue weighted by molar-refractivity contribution is 0.170. The number of rotatable bonds is 4. The summed E-state index contributed by atoms with van der Waals surface area (Å²) in [5.74, 6) is 0.618. The van der Waals surface area contributed by atoms with Crippen LogP contribution in [-0.2, 0) is 0 Å². The first-order chi connectivity index (χ1) is 6.24. The normalized spacial score (nSPS) is 31.6. The lowest BCUT2D eigenvalue weighted by Gasteiger charge is -2.31. The van der Waals surface area contributed by atoms with Crippen LogP contribution in [0.4, 0.5) is 0 Å². The van der Waals surface area contributed by atoms with Crippen molar-refractivity contribution in [2.45, 2.75) is 44.8 Å². The quantitative estimate of drug-likeness (QED) is 0.598. The highest BCUT2D eigenvalue weighted by atomic mass is 16.3. The van der Waals surface area contributed by atoms with Crippen molar-refractivity contribution in [2.24, 2.45) is 11.7 Å². The summed E-state index contributed by atoms with van der Waals surface area (Å²) >= 11 is 0. The average molecular weight is 186 g/mol. The van der Waals surface area contributed by atoms with E-state index in [0.717, 1.165) is 6.54 Å². The fourth-order valence-corrected chi connectivity index (χ4v) is 2.08. The summed E-state index contributed by atoms with van der Waals surface area (Å²) in [5.41, 5.74) is 5.70. The highest BCUT2D eigenvalue weighted by Crippen LogP contribution is 2.23. The Bertz CT molecular complexity index is 139. The Morgan fingerprint density at radius 2 is 2.15 bits per heavy atom. The smallest absolute Gasteiger partial charge is 0.0636 e. The maximum absolute atomic E-state index is 9.15. The van der Waals surface area contributed by atoms with Crippen LogP contribution < -0.4 is 11.1 Å². The van der Waals surface area contributed by atoms with Crippen molar-refractivity contribution >= 4 is 0 Å². The third kappa shape index (κ3) is 3.63. The second-order valence-electron chi connectivity index (χ2n) is 4.14. The van der Waals surface area contributed by atoms with E-state index in [1.54, 1.807) is 0 Å².